The number of fused-ring (bicyclic) bond motifs is 3. The lowest BCUT2D eigenvalue weighted by Gasteiger charge is -2.21. The molecule has 0 spiro atoms. The molecule has 0 radical (unpaired) electrons. The van der Waals surface area contributed by atoms with Gasteiger partial charge in [-0.05, 0) is 55.9 Å². The van der Waals surface area contributed by atoms with E-state index < -0.39 is 35.5 Å². The number of rotatable bonds is 11. The predicted octanol–water partition coefficient (Wildman–Crippen LogP) is 3.40. The number of benzene rings is 2. The Morgan fingerprint density at radius 2 is 1.54 bits per heavy atom. The van der Waals surface area contributed by atoms with Gasteiger partial charge in [-0.3, -0.25) is 14.4 Å². The number of ether oxygens (including phenoxy) is 2. The van der Waals surface area contributed by atoms with Crippen LogP contribution in [-0.4, -0.2) is 48.7 Å². The Hall–Kier alpha value is -3.88. The lowest BCUT2D eigenvalue weighted by molar-refractivity contribution is -0.156. The van der Waals surface area contributed by atoms with E-state index in [0.29, 0.717) is 19.4 Å². The van der Waals surface area contributed by atoms with Crippen molar-refractivity contribution in [3.63, 3.8) is 0 Å². The molecule has 198 valence electrons. The normalized spacial score (nSPS) is 13.2. The quantitative estimate of drug-likeness (QED) is 0.314. The van der Waals surface area contributed by atoms with Crippen LogP contribution in [0.3, 0.4) is 0 Å². The smallest absolute Gasteiger partial charge is 0.407 e. The first-order valence-corrected chi connectivity index (χ1v) is 12.4. The summed E-state index contributed by atoms with van der Waals surface area (Å²) in [5, 5.41) is 5.18. The monoisotopic (exact) mass is 509 g/mol. The molecule has 0 aliphatic heterocycles. The van der Waals surface area contributed by atoms with Crippen LogP contribution in [0.4, 0.5) is 4.79 Å². The Kier molecular flexibility index (Phi) is 9.27. The van der Waals surface area contributed by atoms with Crippen molar-refractivity contribution < 1.29 is 28.7 Å². The summed E-state index contributed by atoms with van der Waals surface area (Å²) in [5.74, 6) is -1.85. The molecule has 37 heavy (non-hydrogen) atoms. The lowest BCUT2D eigenvalue weighted by Crippen LogP contribution is -2.46. The number of hydrogen-bond acceptors (Lipinski definition) is 6. The number of nitrogens with two attached hydrogens (primary N) is 1. The highest BCUT2D eigenvalue weighted by Gasteiger charge is 2.29. The minimum atomic E-state index is -1.14. The third-order valence-corrected chi connectivity index (χ3v) is 5.91. The van der Waals surface area contributed by atoms with Gasteiger partial charge in [0.05, 0.1) is 6.42 Å². The van der Waals surface area contributed by atoms with E-state index in [0.717, 1.165) is 22.3 Å². The Morgan fingerprint density at radius 3 is 2.11 bits per heavy atom. The molecule has 1 aliphatic rings. The molecule has 0 saturated carbocycles. The number of nitrogens with one attached hydrogen (secondary N) is 2. The standard InChI is InChI=1S/C28H35N3O6/c1-28(2,3)37-25(33)16-23(26(29)34)31-24(32)14-8-9-15-30-27(35)36-17-22-20-12-6-4-10-18(20)19-11-5-7-13-21(19)22/h4-7,10-13,22-23H,8-9,14-17H2,1-3H3,(H2,29,34)(H,30,35)(H,31,32)/t23-/m0/s1. The summed E-state index contributed by atoms with van der Waals surface area (Å²) in [6.45, 7) is 5.69. The van der Waals surface area contributed by atoms with Gasteiger partial charge in [0, 0.05) is 18.9 Å². The van der Waals surface area contributed by atoms with Gasteiger partial charge in [-0.1, -0.05) is 48.5 Å². The summed E-state index contributed by atoms with van der Waals surface area (Å²) >= 11 is 0. The van der Waals surface area contributed by atoms with Crippen LogP contribution in [-0.2, 0) is 23.9 Å². The van der Waals surface area contributed by atoms with Crippen molar-refractivity contribution in [2.75, 3.05) is 13.2 Å². The van der Waals surface area contributed by atoms with Crippen LogP contribution >= 0.6 is 0 Å². The molecule has 0 heterocycles. The molecule has 9 heteroatoms. The van der Waals surface area contributed by atoms with E-state index in [1.807, 2.05) is 24.3 Å². The van der Waals surface area contributed by atoms with Gasteiger partial charge in [-0.25, -0.2) is 4.79 Å². The van der Waals surface area contributed by atoms with E-state index in [9.17, 15) is 19.2 Å². The fourth-order valence-electron chi connectivity index (χ4n) is 4.29. The minimum Gasteiger partial charge on any atom is -0.460 e. The number of unbranched alkanes of at least 4 members (excludes halogenated alkanes) is 1. The van der Waals surface area contributed by atoms with Crippen LogP contribution in [0.2, 0.25) is 0 Å². The summed E-state index contributed by atoms with van der Waals surface area (Å²) in [4.78, 5) is 48.0. The van der Waals surface area contributed by atoms with Gasteiger partial charge in [0.1, 0.15) is 18.2 Å². The zero-order valence-electron chi connectivity index (χ0n) is 21.5. The van der Waals surface area contributed by atoms with E-state index in [-0.39, 0.29) is 25.4 Å². The number of hydrogen-bond donors (Lipinski definition) is 3. The van der Waals surface area contributed by atoms with E-state index in [1.165, 1.54) is 0 Å². The molecular weight excluding hydrogens is 474 g/mol. The number of esters is 1. The van der Waals surface area contributed by atoms with Crippen LogP contribution in [0.5, 0.6) is 0 Å². The highest BCUT2D eigenvalue weighted by atomic mass is 16.6. The van der Waals surface area contributed by atoms with E-state index in [4.69, 9.17) is 15.2 Å². The van der Waals surface area contributed by atoms with Crippen LogP contribution < -0.4 is 16.4 Å². The van der Waals surface area contributed by atoms with Crippen LogP contribution in [0.25, 0.3) is 11.1 Å². The molecule has 1 atom stereocenters. The molecule has 0 fully saturated rings. The van der Waals surface area contributed by atoms with Crippen LogP contribution in [0, 0.1) is 0 Å². The van der Waals surface area contributed by atoms with E-state index in [1.54, 1.807) is 20.8 Å². The first-order valence-electron chi connectivity index (χ1n) is 12.4. The molecular formula is C28H35N3O6. The molecule has 0 saturated heterocycles. The van der Waals surface area contributed by atoms with Crippen molar-refractivity contribution in [1.29, 1.82) is 0 Å². The lowest BCUT2D eigenvalue weighted by atomic mass is 9.98. The summed E-state index contributed by atoms with van der Waals surface area (Å²) < 4.78 is 10.7. The Balaban J connectivity index is 1.36. The summed E-state index contributed by atoms with van der Waals surface area (Å²) in [6.07, 6.45) is 0.266. The van der Waals surface area contributed by atoms with Crippen molar-refractivity contribution in [2.45, 2.75) is 64.0 Å². The van der Waals surface area contributed by atoms with E-state index in [2.05, 4.69) is 34.9 Å². The average Bonchev–Trinajstić information content (AvgIpc) is 3.14. The average molecular weight is 510 g/mol. The van der Waals surface area contributed by atoms with Crippen molar-refractivity contribution >= 4 is 23.9 Å². The Bertz CT molecular complexity index is 1100. The number of amides is 3. The van der Waals surface area contributed by atoms with Gasteiger partial charge in [-0.15, -0.1) is 0 Å². The van der Waals surface area contributed by atoms with Crippen molar-refractivity contribution in [3.8, 4) is 11.1 Å². The molecule has 0 unspecified atom stereocenters. The molecule has 2 aromatic carbocycles. The molecule has 0 bridgehead atoms. The molecule has 4 N–H and O–H groups in total. The fourth-order valence-corrected chi connectivity index (χ4v) is 4.29. The first kappa shape index (κ1) is 27.7. The van der Waals surface area contributed by atoms with Crippen molar-refractivity contribution in [3.05, 3.63) is 59.7 Å². The summed E-state index contributed by atoms with van der Waals surface area (Å²) in [5.41, 5.74) is 9.21. The summed E-state index contributed by atoms with van der Waals surface area (Å²) in [6, 6.07) is 15.1. The van der Waals surface area contributed by atoms with Gasteiger partial charge >= 0.3 is 12.1 Å². The minimum absolute atomic E-state index is 0.0132. The van der Waals surface area contributed by atoms with Crippen molar-refractivity contribution in [2.24, 2.45) is 5.73 Å². The fraction of sp³-hybridized carbons (Fsp3) is 0.429. The second kappa shape index (κ2) is 12.4. The topological polar surface area (TPSA) is 137 Å². The molecule has 2 aromatic rings. The van der Waals surface area contributed by atoms with E-state index >= 15 is 0 Å². The SMILES string of the molecule is CC(C)(C)OC(=O)C[C@H](NC(=O)CCCCNC(=O)OCC1c2ccccc2-c2ccccc21)C(N)=O. The Labute approximate surface area is 217 Å². The number of primary amides is 1. The van der Waals surface area contributed by atoms with Crippen LogP contribution in [0.15, 0.2) is 48.5 Å². The molecule has 9 nitrogen and oxygen atoms in total. The first-order chi connectivity index (χ1) is 17.5. The second-order valence-corrected chi connectivity index (χ2v) is 10.0. The zero-order chi connectivity index (χ0) is 27.0. The summed E-state index contributed by atoms with van der Waals surface area (Å²) in [7, 11) is 0. The van der Waals surface area contributed by atoms with Crippen LogP contribution in [0.1, 0.15) is 63.5 Å². The van der Waals surface area contributed by atoms with Gasteiger partial charge in [0.25, 0.3) is 0 Å². The molecule has 1 aliphatic carbocycles. The number of carbonyl (C=O) groups excluding carboxylic acids is 4. The largest absolute Gasteiger partial charge is 0.460 e. The van der Waals surface area contributed by atoms with Gasteiger partial charge < -0.3 is 25.8 Å². The maximum absolute atomic E-state index is 12.2. The zero-order valence-corrected chi connectivity index (χ0v) is 21.5. The number of carbonyl (C=O) groups is 4. The third kappa shape index (κ3) is 8.06. The number of alkyl carbamates (subject to hydrolysis) is 1. The second-order valence-electron chi connectivity index (χ2n) is 10.0. The third-order valence-electron chi connectivity index (χ3n) is 5.91. The van der Waals surface area contributed by atoms with Crippen molar-refractivity contribution in [1.82, 2.24) is 10.6 Å². The Morgan fingerprint density at radius 1 is 0.946 bits per heavy atom. The maximum Gasteiger partial charge on any atom is 0.407 e. The highest BCUT2D eigenvalue weighted by Crippen LogP contribution is 2.44. The van der Waals surface area contributed by atoms with Gasteiger partial charge in [0.2, 0.25) is 11.8 Å². The molecule has 3 amide bonds. The van der Waals surface area contributed by atoms with Gasteiger partial charge in [0.15, 0.2) is 0 Å². The van der Waals surface area contributed by atoms with Gasteiger partial charge in [-0.2, -0.15) is 0 Å². The maximum atomic E-state index is 12.2. The molecule has 0 aromatic heterocycles. The predicted molar refractivity (Wildman–Crippen MR) is 139 cm³/mol. The molecule has 3 rings (SSSR count). The highest BCUT2D eigenvalue weighted by molar-refractivity contribution is 5.90.